The zero-order chi connectivity index (χ0) is 30.9. The molecule has 38 heavy (non-hydrogen) atoms. The maximum Gasteiger partial charge on any atom is 0.162 e. The van der Waals surface area contributed by atoms with Crippen molar-refractivity contribution < 1.29 is 23.7 Å². The highest BCUT2D eigenvalue weighted by Crippen LogP contribution is 2.28. The Labute approximate surface area is 241 Å². The highest BCUT2D eigenvalue weighted by molar-refractivity contribution is 4.73. The molecule has 5 nitrogen and oxygen atoms in total. The Kier molecular flexibility index (Phi) is 31.8. The Hall–Kier alpha value is -0.200. The molecule has 0 aliphatic carbocycles. The van der Waals surface area contributed by atoms with E-state index in [0.717, 1.165) is 13.0 Å². The first-order chi connectivity index (χ1) is 17.6. The minimum Gasteiger partial charge on any atom is -0.381 e. The molecule has 0 N–H and O–H groups in total. The molecule has 0 saturated carbocycles. The third-order valence-electron chi connectivity index (χ3n) is 8.24. The summed E-state index contributed by atoms with van der Waals surface area (Å²) in [5.74, 6) is 1.39. The van der Waals surface area contributed by atoms with Gasteiger partial charge < -0.3 is 23.7 Å². The van der Waals surface area contributed by atoms with Crippen molar-refractivity contribution in [2.75, 3.05) is 34.0 Å². The molecule has 0 radical (unpaired) electrons. The summed E-state index contributed by atoms with van der Waals surface area (Å²) in [6, 6.07) is 0. The van der Waals surface area contributed by atoms with Gasteiger partial charge in [0, 0.05) is 39.5 Å². The van der Waals surface area contributed by atoms with Gasteiger partial charge in [-0.3, -0.25) is 0 Å². The standard InChI is InChI=1S/C10H22O2.2C8H18O.C7H16O/c1-6-10(4,5)9(11-7-2)12-8-3;1-6-8(3,4)7(2)9-5;1-5-7(3)8(4)9-6-2;1-5-6(2)7(3)8-4/h9H,6-8H2,1-5H3;7H,6H2,1-5H3;7-8H,5-6H2,1-4H3;6-7H,5H2,1-4H3. The second kappa shape index (κ2) is 27.0. The average molecular weight is 551 g/mol. The van der Waals surface area contributed by atoms with Gasteiger partial charge in [-0.1, -0.05) is 82.1 Å². The third kappa shape index (κ3) is 23.7. The van der Waals surface area contributed by atoms with Crippen molar-refractivity contribution in [2.45, 2.75) is 161 Å². The smallest absolute Gasteiger partial charge is 0.162 e. The molecule has 0 aromatic carbocycles. The fraction of sp³-hybridized carbons (Fsp3) is 1.00. The topological polar surface area (TPSA) is 46.2 Å². The molecule has 236 valence electrons. The normalized spacial score (nSPS) is 15.6. The second-order valence-corrected chi connectivity index (χ2v) is 11.7. The molecular weight excluding hydrogens is 476 g/mol. The summed E-state index contributed by atoms with van der Waals surface area (Å²) in [6.07, 6.45) is 5.80. The van der Waals surface area contributed by atoms with Crippen molar-refractivity contribution in [1.29, 1.82) is 0 Å². The first-order valence-corrected chi connectivity index (χ1v) is 15.5. The number of rotatable bonds is 16. The van der Waals surface area contributed by atoms with Gasteiger partial charge in [-0.25, -0.2) is 0 Å². The minimum absolute atomic E-state index is 0.0579. The number of ether oxygens (including phenoxy) is 5. The van der Waals surface area contributed by atoms with E-state index in [4.69, 9.17) is 23.7 Å². The molecule has 0 aliphatic rings. The van der Waals surface area contributed by atoms with Gasteiger partial charge in [-0.15, -0.1) is 0 Å². The molecule has 5 atom stereocenters. The average Bonchev–Trinajstić information content (AvgIpc) is 2.91. The summed E-state index contributed by atoms with van der Waals surface area (Å²) in [6.45, 7) is 36.6. The predicted molar refractivity (Wildman–Crippen MR) is 168 cm³/mol. The van der Waals surface area contributed by atoms with Gasteiger partial charge in [0.1, 0.15) is 0 Å². The van der Waals surface area contributed by atoms with Crippen molar-refractivity contribution in [3.8, 4) is 0 Å². The van der Waals surface area contributed by atoms with E-state index in [2.05, 4.69) is 90.0 Å². The Bertz CT molecular complexity index is 452. The van der Waals surface area contributed by atoms with Crippen LogP contribution in [0.25, 0.3) is 0 Å². The summed E-state index contributed by atoms with van der Waals surface area (Å²) < 4.78 is 26.7. The summed E-state index contributed by atoms with van der Waals surface area (Å²) in [4.78, 5) is 0. The van der Waals surface area contributed by atoms with E-state index < -0.39 is 0 Å². The van der Waals surface area contributed by atoms with Crippen molar-refractivity contribution in [1.82, 2.24) is 0 Å². The molecule has 5 unspecified atom stereocenters. The minimum atomic E-state index is -0.0579. The van der Waals surface area contributed by atoms with Crippen molar-refractivity contribution >= 4 is 0 Å². The fourth-order valence-corrected chi connectivity index (χ4v) is 2.90. The van der Waals surface area contributed by atoms with Crippen LogP contribution in [0.5, 0.6) is 0 Å². The van der Waals surface area contributed by atoms with E-state index >= 15 is 0 Å². The van der Waals surface area contributed by atoms with Crippen LogP contribution in [0, 0.1) is 22.7 Å². The molecule has 0 aromatic heterocycles. The first kappa shape index (κ1) is 44.8. The van der Waals surface area contributed by atoms with Crippen LogP contribution in [0.2, 0.25) is 0 Å². The molecule has 0 spiro atoms. The number of hydrogen-bond acceptors (Lipinski definition) is 5. The Morgan fingerprint density at radius 3 is 1.08 bits per heavy atom. The first-order valence-electron chi connectivity index (χ1n) is 15.5. The van der Waals surface area contributed by atoms with E-state index in [1.54, 1.807) is 14.2 Å². The molecule has 0 rings (SSSR count). The Morgan fingerprint density at radius 2 is 0.868 bits per heavy atom. The quantitative estimate of drug-likeness (QED) is 0.179. The van der Waals surface area contributed by atoms with Gasteiger partial charge in [0.05, 0.1) is 18.3 Å². The molecule has 0 aromatic rings. The van der Waals surface area contributed by atoms with Gasteiger partial charge >= 0.3 is 0 Å². The van der Waals surface area contributed by atoms with Crippen molar-refractivity contribution in [3.05, 3.63) is 0 Å². The van der Waals surface area contributed by atoms with Gasteiger partial charge in [0.25, 0.3) is 0 Å². The van der Waals surface area contributed by atoms with Crippen LogP contribution in [-0.2, 0) is 23.7 Å². The molecular formula is C33H74O5. The summed E-state index contributed by atoms with van der Waals surface area (Å²) in [5, 5.41) is 0. The van der Waals surface area contributed by atoms with Gasteiger partial charge in [0.15, 0.2) is 6.29 Å². The highest BCUT2D eigenvalue weighted by Gasteiger charge is 2.28. The summed E-state index contributed by atoms with van der Waals surface area (Å²) in [5.41, 5.74) is 0.445. The SMILES string of the molecule is CCC(C)(C)C(C)OC.CCC(C)C(C)OC.CCOC(C)C(C)CC.CCOC(OCC)C(C)(C)CC. The Morgan fingerprint density at radius 1 is 0.500 bits per heavy atom. The van der Waals surface area contributed by atoms with Gasteiger partial charge in [-0.2, -0.15) is 0 Å². The molecule has 0 aliphatic heterocycles. The van der Waals surface area contributed by atoms with E-state index in [-0.39, 0.29) is 11.7 Å². The number of methoxy groups -OCH3 is 2. The maximum atomic E-state index is 5.52. The lowest BCUT2D eigenvalue weighted by Crippen LogP contribution is -2.34. The predicted octanol–water partition coefficient (Wildman–Crippen LogP) is 9.80. The van der Waals surface area contributed by atoms with Crippen molar-refractivity contribution in [2.24, 2.45) is 22.7 Å². The van der Waals surface area contributed by atoms with Gasteiger partial charge in [0.2, 0.25) is 0 Å². The van der Waals surface area contributed by atoms with Crippen molar-refractivity contribution in [3.63, 3.8) is 0 Å². The van der Waals surface area contributed by atoms with E-state index in [1.165, 1.54) is 19.3 Å². The lowest BCUT2D eigenvalue weighted by atomic mass is 9.85. The van der Waals surface area contributed by atoms with E-state index in [1.807, 2.05) is 20.8 Å². The van der Waals surface area contributed by atoms with E-state index in [9.17, 15) is 0 Å². The fourth-order valence-electron chi connectivity index (χ4n) is 2.90. The van der Waals surface area contributed by atoms with Crippen LogP contribution in [0.1, 0.15) is 136 Å². The lowest BCUT2D eigenvalue weighted by Gasteiger charge is -2.32. The molecule has 5 heteroatoms. The van der Waals surface area contributed by atoms with E-state index in [0.29, 0.717) is 48.8 Å². The maximum absolute atomic E-state index is 5.52. The highest BCUT2D eigenvalue weighted by atomic mass is 16.7. The second-order valence-electron chi connectivity index (χ2n) is 11.7. The van der Waals surface area contributed by atoms with Crippen LogP contribution >= 0.6 is 0 Å². The molecule has 0 amide bonds. The molecule has 0 heterocycles. The molecule has 0 fully saturated rings. The summed E-state index contributed by atoms with van der Waals surface area (Å²) >= 11 is 0. The van der Waals surface area contributed by atoms with Crippen LogP contribution in [-0.4, -0.2) is 58.6 Å². The van der Waals surface area contributed by atoms with Crippen LogP contribution < -0.4 is 0 Å². The lowest BCUT2D eigenvalue weighted by molar-refractivity contribution is -0.194. The zero-order valence-electron chi connectivity index (χ0n) is 29.5. The zero-order valence-corrected chi connectivity index (χ0v) is 29.5. The molecule has 0 saturated heterocycles. The molecule has 0 bridgehead atoms. The Balaban J connectivity index is -0.000000205. The monoisotopic (exact) mass is 551 g/mol. The third-order valence-corrected chi connectivity index (χ3v) is 8.24. The van der Waals surface area contributed by atoms with Crippen LogP contribution in [0.3, 0.4) is 0 Å². The van der Waals surface area contributed by atoms with Crippen LogP contribution in [0.15, 0.2) is 0 Å². The van der Waals surface area contributed by atoms with Gasteiger partial charge in [-0.05, 0) is 71.6 Å². The van der Waals surface area contributed by atoms with Crippen LogP contribution in [0.4, 0.5) is 0 Å². The largest absolute Gasteiger partial charge is 0.381 e. The number of hydrogen-bond donors (Lipinski definition) is 0. The summed E-state index contributed by atoms with van der Waals surface area (Å²) in [7, 11) is 3.53.